The van der Waals surface area contributed by atoms with Gasteiger partial charge in [0.05, 0.1) is 51.1 Å². The van der Waals surface area contributed by atoms with Gasteiger partial charge in [0.15, 0.2) is 0 Å². The van der Waals surface area contributed by atoms with Gasteiger partial charge in [0, 0.05) is 48.5 Å². The second-order valence-electron chi connectivity index (χ2n) is 8.78. The Balaban J connectivity index is 0.00000480. The van der Waals surface area contributed by atoms with Crippen molar-refractivity contribution in [3.8, 4) is 0 Å². The van der Waals surface area contributed by atoms with E-state index in [0.717, 1.165) is 50.1 Å². The molecule has 0 N–H and O–H groups in total. The molecule has 10 heteroatoms. The maximum absolute atomic E-state index is 10.8. The molecule has 0 bridgehead atoms. The minimum atomic E-state index is -0.375. The Morgan fingerprint density at radius 2 is 0.875 bits per heavy atom. The van der Waals surface area contributed by atoms with Crippen molar-refractivity contribution < 1.29 is 43.8 Å². The van der Waals surface area contributed by atoms with Gasteiger partial charge in [-0.15, -0.1) is 0 Å². The molecule has 2 rings (SSSR count). The molecule has 32 heavy (non-hydrogen) atoms. The van der Waals surface area contributed by atoms with Crippen LogP contribution in [0.1, 0.15) is 25.7 Å². The molecule has 0 aliphatic rings. The Labute approximate surface area is 210 Å². The second kappa shape index (κ2) is 13.0. The zero-order chi connectivity index (χ0) is 22.4. The van der Waals surface area contributed by atoms with E-state index in [9.17, 15) is 20.2 Å². The first kappa shape index (κ1) is 30.1. The van der Waals surface area contributed by atoms with Crippen LogP contribution >= 0.6 is 0 Å². The zero-order valence-electron chi connectivity index (χ0n) is 19.0. The number of benzene rings is 2. The lowest BCUT2D eigenvalue weighted by atomic mass is 10.1. The van der Waals surface area contributed by atoms with Gasteiger partial charge in [0.25, 0.3) is 11.4 Å². The molecule has 0 radical (unpaired) electrons. The number of non-ortho nitro benzene ring substituents is 2. The first-order valence-corrected chi connectivity index (χ1v) is 10.2. The van der Waals surface area contributed by atoms with E-state index in [1.807, 2.05) is 24.3 Å². The number of hydrogen-bond acceptors (Lipinski definition) is 4. The molecule has 0 saturated heterocycles. The largest absolute Gasteiger partial charge is 1.00 e. The van der Waals surface area contributed by atoms with E-state index >= 15 is 0 Å². The Morgan fingerprint density at radius 1 is 0.594 bits per heavy atom. The third kappa shape index (κ3) is 8.57. The molecule has 178 valence electrons. The van der Waals surface area contributed by atoms with Crippen molar-refractivity contribution in [3.05, 3.63) is 68.8 Å². The Morgan fingerprint density at radius 3 is 1.12 bits per heavy atom. The van der Waals surface area contributed by atoms with Gasteiger partial charge in [-0.05, 0) is 25.7 Å². The summed E-state index contributed by atoms with van der Waals surface area (Å²) in [5.74, 6) is 0. The monoisotopic (exact) mass is 574 g/mol. The summed E-state index contributed by atoms with van der Waals surface area (Å²) < 4.78 is 1.39. The van der Waals surface area contributed by atoms with Crippen molar-refractivity contribution in [2.24, 2.45) is 0 Å². The minimum Gasteiger partial charge on any atom is -1.00 e. The summed E-state index contributed by atoms with van der Waals surface area (Å²) in [4.78, 5) is 20.9. The predicted molar refractivity (Wildman–Crippen MR) is 122 cm³/mol. The summed E-state index contributed by atoms with van der Waals surface area (Å²) in [6.07, 6.45) is 4.40. The average molecular weight is 576 g/mol. The molecule has 8 nitrogen and oxygen atoms in total. The van der Waals surface area contributed by atoms with Crippen LogP contribution in [0.15, 0.2) is 48.5 Å². The van der Waals surface area contributed by atoms with Gasteiger partial charge in [-0.25, -0.2) is 0 Å². The van der Waals surface area contributed by atoms with Crippen LogP contribution in [0.3, 0.4) is 0 Å². The van der Waals surface area contributed by atoms with Crippen molar-refractivity contribution in [2.75, 3.05) is 41.3 Å². The topological polar surface area (TPSA) is 86.3 Å². The Hall–Kier alpha value is -1.88. The highest BCUT2D eigenvalue weighted by atomic mass is 79.9. The van der Waals surface area contributed by atoms with Crippen molar-refractivity contribution in [1.29, 1.82) is 0 Å². The van der Waals surface area contributed by atoms with E-state index in [2.05, 4.69) is 28.2 Å². The predicted octanol–water partition coefficient (Wildman–Crippen LogP) is -1.09. The lowest BCUT2D eigenvalue weighted by Gasteiger charge is -2.30. The van der Waals surface area contributed by atoms with Crippen LogP contribution in [0.4, 0.5) is 22.7 Å². The van der Waals surface area contributed by atoms with Crippen LogP contribution in [0.2, 0.25) is 0 Å². The molecule has 2 aromatic rings. The molecule has 0 atom stereocenters. The molecule has 0 aliphatic carbocycles. The van der Waals surface area contributed by atoms with Crippen molar-refractivity contribution >= 4 is 22.7 Å². The van der Waals surface area contributed by atoms with Crippen molar-refractivity contribution in [1.82, 2.24) is 8.97 Å². The van der Waals surface area contributed by atoms with Crippen LogP contribution in [0, 0.1) is 20.2 Å². The fourth-order valence-electron chi connectivity index (χ4n) is 3.58. The number of nitro benzene ring substituents is 2. The first-order valence-electron chi connectivity index (χ1n) is 10.2. The highest BCUT2D eigenvalue weighted by Gasteiger charge is 2.21. The summed E-state index contributed by atoms with van der Waals surface area (Å²) in [6.45, 7) is 1.94. The number of hydrogen-bond donors (Lipinski definition) is 0. The number of unbranched alkanes of at least 4 members (excludes halogenated alkanes) is 3. The molecule has 0 spiro atoms. The smallest absolute Gasteiger partial charge is 0.269 e. The third-order valence-corrected chi connectivity index (χ3v) is 5.70. The molecular weight excluding hydrogens is 544 g/mol. The van der Waals surface area contributed by atoms with E-state index in [1.54, 1.807) is 24.3 Å². The van der Waals surface area contributed by atoms with Gasteiger partial charge < -0.3 is 34.0 Å². The van der Waals surface area contributed by atoms with E-state index in [4.69, 9.17) is 0 Å². The van der Waals surface area contributed by atoms with Gasteiger partial charge in [0.2, 0.25) is 0 Å². The molecule has 0 heterocycles. The molecule has 0 amide bonds. The lowest BCUT2D eigenvalue weighted by Crippen LogP contribution is -3.00. The van der Waals surface area contributed by atoms with Crippen LogP contribution in [0.25, 0.3) is 0 Å². The molecular formula is C22H32Br2N4O4. The Kier molecular flexibility index (Phi) is 12.2. The van der Waals surface area contributed by atoms with Crippen LogP contribution < -0.4 is 42.9 Å². The number of nitro groups is 2. The SMILES string of the molecule is C[N+](C)(CCCCCC[N+](C)(C)c1ccc([N+](=O)[O-])cc1)c1ccc([N+](=O)[O-])cc1.[Br-].[Br-]. The summed E-state index contributed by atoms with van der Waals surface area (Å²) in [5.41, 5.74) is 2.37. The molecule has 0 fully saturated rings. The summed E-state index contributed by atoms with van der Waals surface area (Å²) in [6, 6.07) is 13.6. The molecule has 2 aromatic carbocycles. The van der Waals surface area contributed by atoms with Crippen LogP contribution in [-0.2, 0) is 0 Å². The second-order valence-corrected chi connectivity index (χ2v) is 8.78. The average Bonchev–Trinajstić information content (AvgIpc) is 2.70. The highest BCUT2D eigenvalue weighted by molar-refractivity contribution is 5.48. The van der Waals surface area contributed by atoms with Gasteiger partial charge in [-0.2, -0.15) is 0 Å². The number of halogens is 2. The Bertz CT molecular complexity index is 799. The quantitative estimate of drug-likeness (QED) is 0.147. The van der Waals surface area contributed by atoms with Crippen molar-refractivity contribution in [3.63, 3.8) is 0 Å². The number of rotatable bonds is 11. The molecule has 0 aromatic heterocycles. The normalized spacial score (nSPS) is 11.2. The number of nitrogens with zero attached hydrogens (tertiary/aromatic N) is 4. The molecule has 0 unspecified atom stereocenters. The van der Waals surface area contributed by atoms with E-state index in [0.29, 0.717) is 8.97 Å². The molecule has 0 aliphatic heterocycles. The lowest BCUT2D eigenvalue weighted by molar-refractivity contribution is -0.385. The van der Waals surface area contributed by atoms with Gasteiger partial charge in [-0.1, -0.05) is 0 Å². The standard InChI is InChI=1S/C22H32N4O4.2BrH/c1-25(2,21-13-9-19(10-14-21)23(27)28)17-7-5-6-8-18-26(3,4)22-15-11-20(12-16-22)24(29)30;;/h9-16H,5-8,17-18H2,1-4H3;2*1H/q+2;;/p-2. The highest BCUT2D eigenvalue weighted by Crippen LogP contribution is 2.25. The van der Waals surface area contributed by atoms with Gasteiger partial charge in [0.1, 0.15) is 11.4 Å². The van der Waals surface area contributed by atoms with E-state index < -0.39 is 0 Å². The van der Waals surface area contributed by atoms with Gasteiger partial charge in [-0.3, -0.25) is 29.2 Å². The summed E-state index contributed by atoms with van der Waals surface area (Å²) >= 11 is 0. The fraction of sp³-hybridized carbons (Fsp3) is 0.455. The van der Waals surface area contributed by atoms with E-state index in [1.165, 1.54) is 0 Å². The first-order chi connectivity index (χ1) is 14.0. The maximum Gasteiger partial charge on any atom is 0.269 e. The van der Waals surface area contributed by atoms with Crippen LogP contribution in [-0.4, -0.2) is 51.1 Å². The fourth-order valence-corrected chi connectivity index (χ4v) is 3.58. The zero-order valence-corrected chi connectivity index (χ0v) is 22.2. The summed E-state index contributed by atoms with van der Waals surface area (Å²) in [7, 11) is 8.48. The minimum absolute atomic E-state index is 0. The number of quaternary nitrogens is 2. The van der Waals surface area contributed by atoms with Crippen molar-refractivity contribution in [2.45, 2.75) is 25.7 Å². The maximum atomic E-state index is 10.8. The third-order valence-electron chi connectivity index (χ3n) is 5.70. The molecule has 0 saturated carbocycles. The summed E-state index contributed by atoms with van der Waals surface area (Å²) in [5, 5.41) is 21.6. The van der Waals surface area contributed by atoms with Gasteiger partial charge >= 0.3 is 0 Å². The van der Waals surface area contributed by atoms with E-state index in [-0.39, 0.29) is 55.2 Å². The van der Waals surface area contributed by atoms with Crippen LogP contribution in [0.5, 0.6) is 0 Å².